The molecule has 1 aliphatic rings. The largest absolute Gasteiger partial charge is 0.275 e. The van der Waals surface area contributed by atoms with Crippen molar-refractivity contribution in [2.45, 2.75) is 0 Å². The maximum Gasteiger partial charge on any atom is 0.269 e. The van der Waals surface area contributed by atoms with Crippen LogP contribution >= 0.6 is 0 Å². The summed E-state index contributed by atoms with van der Waals surface area (Å²) in [7, 11) is 1.49. The lowest BCUT2D eigenvalue weighted by Gasteiger charge is -2.05. The van der Waals surface area contributed by atoms with Crippen molar-refractivity contribution in [3.63, 3.8) is 0 Å². The summed E-state index contributed by atoms with van der Waals surface area (Å²) in [6.45, 7) is 0.247. The highest BCUT2D eigenvalue weighted by molar-refractivity contribution is 5.91. The average molecular weight is 114 g/mol. The molecular weight excluding hydrogens is 108 g/mol. The highest BCUT2D eigenvalue weighted by Crippen LogP contribution is 1.92. The van der Waals surface area contributed by atoms with E-state index >= 15 is 0 Å². The highest BCUT2D eigenvalue weighted by atomic mass is 16.7. The number of rotatable bonds is 1. The third-order valence-corrected chi connectivity index (χ3v) is 0.856. The van der Waals surface area contributed by atoms with E-state index in [-0.39, 0.29) is 12.5 Å². The van der Waals surface area contributed by atoms with Gasteiger partial charge in [-0.25, -0.2) is 5.06 Å². The smallest absolute Gasteiger partial charge is 0.269 e. The summed E-state index contributed by atoms with van der Waals surface area (Å²) in [4.78, 5) is 18.4. The van der Waals surface area contributed by atoms with Crippen LogP contribution < -0.4 is 0 Å². The summed E-state index contributed by atoms with van der Waals surface area (Å²) >= 11 is 0. The number of aliphatic imine (C=N–C) groups is 1. The molecule has 0 fully saturated rings. The summed E-state index contributed by atoms with van der Waals surface area (Å²) in [6.07, 6.45) is 1.36. The van der Waals surface area contributed by atoms with Crippen molar-refractivity contribution >= 4 is 12.2 Å². The van der Waals surface area contributed by atoms with Gasteiger partial charge in [0.1, 0.15) is 12.9 Å². The molecule has 0 spiro atoms. The van der Waals surface area contributed by atoms with Crippen LogP contribution in [0.1, 0.15) is 0 Å². The van der Waals surface area contributed by atoms with Crippen molar-refractivity contribution in [3.8, 4) is 0 Å². The molecule has 44 valence electrons. The number of hydroxylamine groups is 2. The summed E-state index contributed by atoms with van der Waals surface area (Å²) < 4.78 is 0. The second kappa shape index (κ2) is 1.92. The molecule has 8 heavy (non-hydrogen) atoms. The summed E-state index contributed by atoms with van der Waals surface area (Å²) in [5.74, 6) is -0.160. The first-order chi connectivity index (χ1) is 3.83. The van der Waals surface area contributed by atoms with Crippen LogP contribution in [0, 0.1) is 0 Å². The summed E-state index contributed by atoms with van der Waals surface area (Å²) in [5, 5.41) is 1.36. The van der Waals surface area contributed by atoms with Crippen LogP contribution in [0.15, 0.2) is 4.99 Å². The number of nitrogens with zero attached hydrogens (tertiary/aromatic N) is 2. The minimum absolute atomic E-state index is 0.160. The molecule has 4 heteroatoms. The minimum atomic E-state index is -0.160. The fraction of sp³-hybridized carbons (Fsp3) is 0.500. The molecule has 0 radical (unpaired) electrons. The maximum atomic E-state index is 10.3. The maximum absolute atomic E-state index is 10.3. The lowest BCUT2D eigenvalue weighted by molar-refractivity contribution is -0.123. The molecule has 0 bridgehead atoms. The van der Waals surface area contributed by atoms with Gasteiger partial charge in [-0.05, 0) is 0 Å². The SMILES string of the molecule is CON1C=NC(=O)C1. The third-order valence-electron chi connectivity index (χ3n) is 0.856. The molecule has 1 amide bonds. The van der Waals surface area contributed by atoms with E-state index in [2.05, 4.69) is 9.83 Å². The first-order valence-electron chi connectivity index (χ1n) is 2.20. The first kappa shape index (κ1) is 5.24. The number of carbonyl (C=O) groups excluding carboxylic acids is 1. The molecule has 0 unspecified atom stereocenters. The average Bonchev–Trinajstić information content (AvgIpc) is 2.14. The van der Waals surface area contributed by atoms with E-state index < -0.39 is 0 Å². The van der Waals surface area contributed by atoms with Gasteiger partial charge in [0.15, 0.2) is 0 Å². The molecule has 0 saturated carbocycles. The lowest BCUT2D eigenvalue weighted by atomic mass is 10.7. The minimum Gasteiger partial charge on any atom is -0.275 e. The van der Waals surface area contributed by atoms with Crippen LogP contribution in [-0.2, 0) is 9.63 Å². The second-order valence-corrected chi connectivity index (χ2v) is 1.40. The lowest BCUT2D eigenvalue weighted by Crippen LogP contribution is -2.19. The Balaban J connectivity index is 2.46. The van der Waals surface area contributed by atoms with E-state index in [1.54, 1.807) is 0 Å². The van der Waals surface area contributed by atoms with Crippen LogP contribution in [-0.4, -0.2) is 31.0 Å². The van der Waals surface area contributed by atoms with E-state index in [1.165, 1.54) is 18.5 Å². The zero-order valence-corrected chi connectivity index (χ0v) is 4.50. The Morgan fingerprint density at radius 3 is 3.00 bits per heavy atom. The zero-order chi connectivity index (χ0) is 5.98. The molecule has 0 aromatic rings. The third kappa shape index (κ3) is 0.840. The van der Waals surface area contributed by atoms with Gasteiger partial charge in [0, 0.05) is 0 Å². The van der Waals surface area contributed by atoms with Gasteiger partial charge in [0.05, 0.1) is 7.11 Å². The van der Waals surface area contributed by atoms with Crippen LogP contribution in [0.2, 0.25) is 0 Å². The summed E-state index contributed by atoms with van der Waals surface area (Å²) in [6, 6.07) is 0. The molecule has 0 aliphatic carbocycles. The molecule has 4 nitrogen and oxygen atoms in total. The molecule has 0 aromatic heterocycles. The van der Waals surface area contributed by atoms with Crippen molar-refractivity contribution in [1.29, 1.82) is 0 Å². The van der Waals surface area contributed by atoms with Crippen molar-refractivity contribution in [3.05, 3.63) is 0 Å². The standard InChI is InChI=1S/C4H6N2O2/c1-8-6-2-4(7)5-3-6/h3H,2H2,1H3. The first-order valence-corrected chi connectivity index (χ1v) is 2.20. The predicted molar refractivity (Wildman–Crippen MR) is 27.2 cm³/mol. The Kier molecular flexibility index (Phi) is 1.26. The molecule has 0 saturated heterocycles. The zero-order valence-electron chi connectivity index (χ0n) is 4.50. The predicted octanol–water partition coefficient (Wildman–Crippen LogP) is -0.582. The van der Waals surface area contributed by atoms with Gasteiger partial charge >= 0.3 is 0 Å². The molecule has 0 N–H and O–H groups in total. The number of carbonyl (C=O) groups is 1. The Morgan fingerprint density at radius 2 is 2.75 bits per heavy atom. The summed E-state index contributed by atoms with van der Waals surface area (Å²) in [5.41, 5.74) is 0. The Morgan fingerprint density at radius 1 is 2.00 bits per heavy atom. The Bertz CT molecular complexity index is 132. The van der Waals surface area contributed by atoms with E-state index in [4.69, 9.17) is 0 Å². The van der Waals surface area contributed by atoms with Crippen molar-refractivity contribution < 1.29 is 9.63 Å². The topological polar surface area (TPSA) is 41.9 Å². The van der Waals surface area contributed by atoms with E-state index in [1.807, 2.05) is 0 Å². The Hall–Kier alpha value is -0.900. The van der Waals surface area contributed by atoms with Gasteiger partial charge in [-0.2, -0.15) is 4.99 Å². The molecule has 1 aliphatic heterocycles. The van der Waals surface area contributed by atoms with Crippen molar-refractivity contribution in [2.24, 2.45) is 4.99 Å². The fourth-order valence-corrected chi connectivity index (χ4v) is 0.455. The van der Waals surface area contributed by atoms with Crippen LogP contribution in [0.3, 0.4) is 0 Å². The highest BCUT2D eigenvalue weighted by Gasteiger charge is 2.11. The van der Waals surface area contributed by atoms with E-state index in [0.29, 0.717) is 0 Å². The van der Waals surface area contributed by atoms with Gasteiger partial charge < -0.3 is 0 Å². The van der Waals surface area contributed by atoms with E-state index in [9.17, 15) is 4.79 Å². The fourth-order valence-electron chi connectivity index (χ4n) is 0.455. The molecule has 1 rings (SSSR count). The van der Waals surface area contributed by atoms with Crippen LogP contribution in [0.25, 0.3) is 0 Å². The second-order valence-electron chi connectivity index (χ2n) is 1.40. The van der Waals surface area contributed by atoms with Gasteiger partial charge in [0.2, 0.25) is 0 Å². The van der Waals surface area contributed by atoms with E-state index in [0.717, 1.165) is 0 Å². The Labute approximate surface area is 46.7 Å². The van der Waals surface area contributed by atoms with Gasteiger partial charge in [0.25, 0.3) is 5.91 Å². The van der Waals surface area contributed by atoms with Gasteiger partial charge in [-0.1, -0.05) is 0 Å². The molecule has 0 atom stereocenters. The van der Waals surface area contributed by atoms with Crippen molar-refractivity contribution in [2.75, 3.05) is 13.7 Å². The normalized spacial score (nSPS) is 18.1. The molecule has 1 heterocycles. The molecular formula is C4H6N2O2. The quantitative estimate of drug-likeness (QED) is 0.458. The number of amides is 1. The molecule has 0 aromatic carbocycles. The van der Waals surface area contributed by atoms with Crippen molar-refractivity contribution in [1.82, 2.24) is 5.06 Å². The van der Waals surface area contributed by atoms with Gasteiger partial charge in [-0.15, -0.1) is 0 Å². The van der Waals surface area contributed by atoms with Crippen LogP contribution in [0.4, 0.5) is 0 Å². The number of hydrogen-bond acceptors (Lipinski definition) is 3. The van der Waals surface area contributed by atoms with Crippen LogP contribution in [0.5, 0.6) is 0 Å². The number of hydrogen-bond donors (Lipinski definition) is 0. The monoisotopic (exact) mass is 114 g/mol. The van der Waals surface area contributed by atoms with Gasteiger partial charge in [-0.3, -0.25) is 9.63 Å².